The fraction of sp³-hybridized carbons (Fsp3) is 0.250. The Bertz CT molecular complexity index is 839. The fourth-order valence-electron chi connectivity index (χ4n) is 3.19. The summed E-state index contributed by atoms with van der Waals surface area (Å²) in [5, 5.41) is 7.55. The van der Waals surface area contributed by atoms with E-state index in [1.807, 2.05) is 35.2 Å². The third-order valence-corrected chi connectivity index (χ3v) is 4.65. The molecule has 0 N–H and O–H groups in total. The minimum absolute atomic E-state index is 0.0708. The SMILES string of the molecule is O=C(c1ccc(-c2nnco2)cc1)N1CCN(Cc2ccccc2)CC1. The van der Waals surface area contributed by atoms with E-state index >= 15 is 0 Å². The Morgan fingerprint density at radius 1 is 0.962 bits per heavy atom. The standard InChI is InChI=1S/C20H20N4O2/c25-20(18-8-6-17(7-9-18)19-22-21-15-26-19)24-12-10-23(11-13-24)14-16-4-2-1-3-5-16/h1-9,15H,10-14H2. The van der Waals surface area contributed by atoms with Crippen LogP contribution in [0.5, 0.6) is 0 Å². The van der Waals surface area contributed by atoms with E-state index in [1.165, 1.54) is 12.0 Å². The number of aromatic nitrogens is 2. The van der Waals surface area contributed by atoms with Crippen LogP contribution in [-0.4, -0.2) is 52.1 Å². The Morgan fingerprint density at radius 2 is 1.69 bits per heavy atom. The third-order valence-electron chi connectivity index (χ3n) is 4.65. The zero-order chi connectivity index (χ0) is 17.8. The molecule has 1 aliphatic heterocycles. The summed E-state index contributed by atoms with van der Waals surface area (Å²) >= 11 is 0. The van der Waals surface area contributed by atoms with Crippen LogP contribution in [0.25, 0.3) is 11.5 Å². The molecule has 1 amide bonds. The lowest BCUT2D eigenvalue weighted by atomic mass is 10.1. The zero-order valence-corrected chi connectivity index (χ0v) is 14.4. The lowest BCUT2D eigenvalue weighted by Crippen LogP contribution is -2.48. The molecule has 26 heavy (non-hydrogen) atoms. The summed E-state index contributed by atoms with van der Waals surface area (Å²) in [5.41, 5.74) is 2.81. The van der Waals surface area contributed by atoms with Crippen LogP contribution in [0.1, 0.15) is 15.9 Å². The molecule has 1 fully saturated rings. The molecule has 2 heterocycles. The van der Waals surface area contributed by atoms with E-state index in [2.05, 4.69) is 39.4 Å². The summed E-state index contributed by atoms with van der Waals surface area (Å²) in [6.45, 7) is 4.21. The van der Waals surface area contributed by atoms with Crippen LogP contribution < -0.4 is 0 Å². The van der Waals surface area contributed by atoms with Gasteiger partial charge >= 0.3 is 0 Å². The summed E-state index contributed by atoms with van der Waals surface area (Å²) < 4.78 is 5.17. The molecule has 1 saturated heterocycles. The van der Waals surface area contributed by atoms with Crippen LogP contribution in [0.15, 0.2) is 65.4 Å². The molecule has 0 atom stereocenters. The molecule has 0 unspecified atom stereocenters. The zero-order valence-electron chi connectivity index (χ0n) is 14.4. The minimum atomic E-state index is 0.0708. The number of nitrogens with zero attached hydrogens (tertiary/aromatic N) is 4. The molecule has 1 aliphatic rings. The Morgan fingerprint density at radius 3 is 2.35 bits per heavy atom. The predicted molar refractivity (Wildman–Crippen MR) is 97.4 cm³/mol. The van der Waals surface area contributed by atoms with Gasteiger partial charge in [-0.3, -0.25) is 9.69 Å². The van der Waals surface area contributed by atoms with Crippen molar-refractivity contribution in [3.8, 4) is 11.5 Å². The molecule has 2 aromatic carbocycles. The first-order valence-corrected chi connectivity index (χ1v) is 8.72. The number of carbonyl (C=O) groups is 1. The van der Waals surface area contributed by atoms with Gasteiger partial charge in [0.1, 0.15) is 0 Å². The highest BCUT2D eigenvalue weighted by molar-refractivity contribution is 5.94. The average Bonchev–Trinajstić information content (AvgIpc) is 3.24. The summed E-state index contributed by atoms with van der Waals surface area (Å²) in [4.78, 5) is 17.0. The molecular weight excluding hydrogens is 328 g/mol. The number of piperazine rings is 1. The molecule has 4 rings (SSSR count). The van der Waals surface area contributed by atoms with Crippen molar-refractivity contribution >= 4 is 5.91 Å². The topological polar surface area (TPSA) is 62.5 Å². The molecule has 132 valence electrons. The first-order valence-electron chi connectivity index (χ1n) is 8.72. The molecular formula is C20H20N4O2. The van der Waals surface area contributed by atoms with Crippen LogP contribution in [0.2, 0.25) is 0 Å². The van der Waals surface area contributed by atoms with Gasteiger partial charge in [0, 0.05) is 43.9 Å². The van der Waals surface area contributed by atoms with E-state index in [-0.39, 0.29) is 5.91 Å². The highest BCUT2D eigenvalue weighted by Crippen LogP contribution is 2.18. The lowest BCUT2D eigenvalue weighted by Gasteiger charge is -2.34. The number of hydrogen-bond acceptors (Lipinski definition) is 5. The van der Waals surface area contributed by atoms with Gasteiger partial charge in [0.25, 0.3) is 5.91 Å². The largest absolute Gasteiger partial charge is 0.423 e. The minimum Gasteiger partial charge on any atom is -0.423 e. The maximum absolute atomic E-state index is 12.7. The van der Waals surface area contributed by atoms with Gasteiger partial charge in [0.05, 0.1) is 0 Å². The molecule has 0 bridgehead atoms. The van der Waals surface area contributed by atoms with Crippen LogP contribution in [0.4, 0.5) is 0 Å². The van der Waals surface area contributed by atoms with Crippen LogP contribution in [0, 0.1) is 0 Å². The summed E-state index contributed by atoms with van der Waals surface area (Å²) in [7, 11) is 0. The van der Waals surface area contributed by atoms with Crippen LogP contribution >= 0.6 is 0 Å². The third kappa shape index (κ3) is 3.65. The van der Waals surface area contributed by atoms with Gasteiger partial charge in [-0.2, -0.15) is 0 Å². The summed E-state index contributed by atoms with van der Waals surface area (Å²) in [5.74, 6) is 0.528. The van der Waals surface area contributed by atoms with Crippen LogP contribution in [0.3, 0.4) is 0 Å². The van der Waals surface area contributed by atoms with Gasteiger partial charge in [-0.1, -0.05) is 30.3 Å². The fourth-order valence-corrected chi connectivity index (χ4v) is 3.19. The van der Waals surface area contributed by atoms with Gasteiger partial charge in [-0.15, -0.1) is 10.2 Å². The first kappa shape index (κ1) is 16.5. The molecule has 0 radical (unpaired) electrons. The molecule has 6 nitrogen and oxygen atoms in total. The number of amides is 1. The number of hydrogen-bond donors (Lipinski definition) is 0. The van der Waals surface area contributed by atoms with E-state index in [4.69, 9.17) is 4.42 Å². The first-order chi connectivity index (χ1) is 12.8. The van der Waals surface area contributed by atoms with Gasteiger partial charge in [-0.05, 0) is 29.8 Å². The second-order valence-electron chi connectivity index (χ2n) is 6.38. The van der Waals surface area contributed by atoms with E-state index in [1.54, 1.807) is 0 Å². The van der Waals surface area contributed by atoms with Gasteiger partial charge < -0.3 is 9.32 Å². The van der Waals surface area contributed by atoms with Gasteiger partial charge in [-0.25, -0.2) is 0 Å². The smallest absolute Gasteiger partial charge is 0.253 e. The van der Waals surface area contributed by atoms with Gasteiger partial charge in [0.15, 0.2) is 0 Å². The Labute approximate surface area is 152 Å². The molecule has 1 aromatic heterocycles. The van der Waals surface area contributed by atoms with E-state index in [0.29, 0.717) is 11.5 Å². The Kier molecular flexibility index (Phi) is 4.75. The van der Waals surface area contributed by atoms with Crippen molar-refractivity contribution in [2.45, 2.75) is 6.54 Å². The normalized spacial score (nSPS) is 15.2. The van der Waals surface area contributed by atoms with Crippen molar-refractivity contribution in [3.05, 3.63) is 72.1 Å². The Balaban J connectivity index is 1.34. The van der Waals surface area contributed by atoms with Crippen molar-refractivity contribution in [1.29, 1.82) is 0 Å². The summed E-state index contributed by atoms with van der Waals surface area (Å²) in [6, 6.07) is 17.8. The number of carbonyl (C=O) groups excluding carboxylic acids is 1. The lowest BCUT2D eigenvalue weighted by molar-refractivity contribution is 0.0628. The predicted octanol–water partition coefficient (Wildman–Crippen LogP) is 2.69. The highest BCUT2D eigenvalue weighted by atomic mass is 16.4. The molecule has 0 saturated carbocycles. The Hall–Kier alpha value is -2.99. The maximum atomic E-state index is 12.7. The molecule has 0 aliphatic carbocycles. The van der Waals surface area contributed by atoms with Crippen molar-refractivity contribution in [2.24, 2.45) is 0 Å². The monoisotopic (exact) mass is 348 g/mol. The number of benzene rings is 2. The highest BCUT2D eigenvalue weighted by Gasteiger charge is 2.22. The molecule has 3 aromatic rings. The molecule has 6 heteroatoms. The van der Waals surface area contributed by atoms with Crippen LogP contribution in [-0.2, 0) is 6.54 Å². The van der Waals surface area contributed by atoms with Crippen molar-refractivity contribution in [2.75, 3.05) is 26.2 Å². The quantitative estimate of drug-likeness (QED) is 0.725. The second kappa shape index (κ2) is 7.49. The summed E-state index contributed by atoms with van der Waals surface area (Å²) in [6.07, 6.45) is 1.29. The molecule has 0 spiro atoms. The van der Waals surface area contributed by atoms with Crippen molar-refractivity contribution in [1.82, 2.24) is 20.0 Å². The van der Waals surface area contributed by atoms with Crippen molar-refractivity contribution in [3.63, 3.8) is 0 Å². The maximum Gasteiger partial charge on any atom is 0.253 e. The van der Waals surface area contributed by atoms with Crippen molar-refractivity contribution < 1.29 is 9.21 Å². The van der Waals surface area contributed by atoms with Gasteiger partial charge in [0.2, 0.25) is 12.3 Å². The average molecular weight is 348 g/mol. The number of rotatable bonds is 4. The van der Waals surface area contributed by atoms with E-state index in [9.17, 15) is 4.79 Å². The second-order valence-corrected chi connectivity index (χ2v) is 6.38. The van der Waals surface area contributed by atoms with E-state index < -0.39 is 0 Å². The van der Waals surface area contributed by atoms with E-state index in [0.717, 1.165) is 38.3 Å².